The first-order chi connectivity index (χ1) is 13.9. The average Bonchev–Trinajstić information content (AvgIpc) is 3.16. The third kappa shape index (κ3) is 5.02. The van der Waals surface area contributed by atoms with Gasteiger partial charge in [0.05, 0.1) is 12.1 Å². The standard InChI is InChI=1S/C24H30N2O2S/c1-16-8-13-22-20(14-16)21(15-24(2,3)28-22)26-23(29)25-17-9-11-19(12-10-17)27-18-6-4-5-7-18/h8-14,18,21H,4-7,15H2,1-3H3,(H2,25,26,29)/t21-/m1/s1. The SMILES string of the molecule is Cc1ccc2c(c1)[C@H](NC(=S)Nc1ccc(OC3CCCC3)cc1)CC(C)(C)O2. The van der Waals surface area contributed by atoms with Crippen molar-refractivity contribution in [3.63, 3.8) is 0 Å². The molecular formula is C24H30N2O2S. The van der Waals surface area contributed by atoms with Crippen LogP contribution in [0.2, 0.25) is 0 Å². The Labute approximate surface area is 179 Å². The van der Waals surface area contributed by atoms with Gasteiger partial charge in [0.15, 0.2) is 5.11 Å². The summed E-state index contributed by atoms with van der Waals surface area (Å²) in [6.07, 6.45) is 6.09. The molecule has 0 radical (unpaired) electrons. The number of rotatable bonds is 4. The van der Waals surface area contributed by atoms with E-state index in [1.165, 1.54) is 18.4 Å². The lowest BCUT2D eigenvalue weighted by molar-refractivity contribution is 0.0696. The topological polar surface area (TPSA) is 42.5 Å². The van der Waals surface area contributed by atoms with Crippen LogP contribution in [0.4, 0.5) is 5.69 Å². The molecule has 154 valence electrons. The number of thiocarbonyl (C=S) groups is 1. The highest BCUT2D eigenvalue weighted by Crippen LogP contribution is 2.39. The van der Waals surface area contributed by atoms with Gasteiger partial charge in [0.1, 0.15) is 17.1 Å². The third-order valence-electron chi connectivity index (χ3n) is 5.65. The Kier molecular flexibility index (Phi) is 5.68. The van der Waals surface area contributed by atoms with Gasteiger partial charge in [-0.15, -0.1) is 0 Å². The summed E-state index contributed by atoms with van der Waals surface area (Å²) >= 11 is 5.61. The number of fused-ring (bicyclic) bond motifs is 1. The highest BCUT2D eigenvalue weighted by Gasteiger charge is 2.34. The van der Waals surface area contributed by atoms with E-state index in [0.717, 1.165) is 42.0 Å². The van der Waals surface area contributed by atoms with Gasteiger partial charge in [-0.25, -0.2) is 0 Å². The minimum absolute atomic E-state index is 0.110. The molecule has 2 N–H and O–H groups in total. The maximum absolute atomic E-state index is 6.15. The molecule has 2 aliphatic rings. The van der Waals surface area contributed by atoms with Crippen LogP contribution in [-0.2, 0) is 0 Å². The molecule has 0 saturated heterocycles. The van der Waals surface area contributed by atoms with Crippen molar-refractivity contribution in [3.8, 4) is 11.5 Å². The van der Waals surface area contributed by atoms with Crippen molar-refractivity contribution in [1.82, 2.24) is 5.32 Å². The Morgan fingerprint density at radius 1 is 1.10 bits per heavy atom. The van der Waals surface area contributed by atoms with Crippen LogP contribution < -0.4 is 20.1 Å². The van der Waals surface area contributed by atoms with Crippen molar-refractivity contribution in [2.24, 2.45) is 0 Å². The zero-order chi connectivity index (χ0) is 20.4. The summed E-state index contributed by atoms with van der Waals surface area (Å²) in [6, 6.07) is 14.5. The molecule has 29 heavy (non-hydrogen) atoms. The number of aryl methyl sites for hydroxylation is 1. The van der Waals surface area contributed by atoms with Crippen molar-refractivity contribution in [2.75, 3.05) is 5.32 Å². The molecule has 1 saturated carbocycles. The van der Waals surface area contributed by atoms with E-state index in [1.54, 1.807) is 0 Å². The maximum Gasteiger partial charge on any atom is 0.171 e. The van der Waals surface area contributed by atoms with Crippen molar-refractivity contribution in [3.05, 3.63) is 53.6 Å². The summed E-state index contributed by atoms with van der Waals surface area (Å²) in [7, 11) is 0. The van der Waals surface area contributed by atoms with Gasteiger partial charge in [0.25, 0.3) is 0 Å². The molecule has 4 nitrogen and oxygen atoms in total. The highest BCUT2D eigenvalue weighted by molar-refractivity contribution is 7.80. The van der Waals surface area contributed by atoms with Crippen LogP contribution in [-0.4, -0.2) is 16.8 Å². The van der Waals surface area contributed by atoms with E-state index in [2.05, 4.69) is 49.6 Å². The van der Waals surface area contributed by atoms with Crippen LogP contribution >= 0.6 is 12.2 Å². The zero-order valence-electron chi connectivity index (χ0n) is 17.5. The molecule has 1 aliphatic carbocycles. The first-order valence-corrected chi connectivity index (χ1v) is 10.9. The molecule has 5 heteroatoms. The molecule has 4 rings (SSSR count). The molecule has 0 bridgehead atoms. The van der Waals surface area contributed by atoms with Crippen molar-refractivity contribution in [2.45, 2.75) is 70.6 Å². The predicted molar refractivity (Wildman–Crippen MR) is 122 cm³/mol. The van der Waals surface area contributed by atoms with Crippen molar-refractivity contribution < 1.29 is 9.47 Å². The Morgan fingerprint density at radius 3 is 2.55 bits per heavy atom. The molecule has 1 atom stereocenters. The van der Waals surface area contributed by atoms with Crippen LogP contribution in [0.25, 0.3) is 0 Å². The zero-order valence-corrected chi connectivity index (χ0v) is 18.3. The predicted octanol–water partition coefficient (Wildman–Crippen LogP) is 5.91. The molecule has 1 fully saturated rings. The molecule has 2 aromatic carbocycles. The minimum Gasteiger partial charge on any atom is -0.490 e. The molecule has 1 heterocycles. The quantitative estimate of drug-likeness (QED) is 0.614. The van der Waals surface area contributed by atoms with Crippen LogP contribution in [0, 0.1) is 6.92 Å². The van der Waals surface area contributed by atoms with Gasteiger partial charge in [-0.1, -0.05) is 17.7 Å². The molecule has 0 unspecified atom stereocenters. The first-order valence-electron chi connectivity index (χ1n) is 10.5. The van der Waals surface area contributed by atoms with E-state index in [4.69, 9.17) is 21.7 Å². The van der Waals surface area contributed by atoms with Gasteiger partial charge in [-0.05, 0) is 89.0 Å². The molecule has 0 aromatic heterocycles. The Bertz CT molecular complexity index is 873. The first kappa shape index (κ1) is 20.0. The summed E-state index contributed by atoms with van der Waals surface area (Å²) in [5.41, 5.74) is 3.09. The van der Waals surface area contributed by atoms with Crippen LogP contribution in [0.3, 0.4) is 0 Å². The van der Waals surface area contributed by atoms with Gasteiger partial charge in [-0.2, -0.15) is 0 Å². The van der Waals surface area contributed by atoms with E-state index in [-0.39, 0.29) is 11.6 Å². The van der Waals surface area contributed by atoms with Gasteiger partial charge >= 0.3 is 0 Å². The molecule has 0 amide bonds. The second kappa shape index (κ2) is 8.23. The average molecular weight is 411 g/mol. The summed E-state index contributed by atoms with van der Waals surface area (Å²) in [4.78, 5) is 0. The molecule has 1 aliphatic heterocycles. The lowest BCUT2D eigenvalue weighted by Gasteiger charge is -2.38. The van der Waals surface area contributed by atoms with E-state index in [0.29, 0.717) is 11.2 Å². The van der Waals surface area contributed by atoms with E-state index in [9.17, 15) is 0 Å². The lowest BCUT2D eigenvalue weighted by atomic mass is 9.89. The van der Waals surface area contributed by atoms with E-state index in [1.807, 2.05) is 24.3 Å². The largest absolute Gasteiger partial charge is 0.490 e. The normalized spacial score (nSPS) is 20.4. The Balaban J connectivity index is 1.40. The number of hydrogen-bond acceptors (Lipinski definition) is 3. The van der Waals surface area contributed by atoms with Crippen molar-refractivity contribution in [1.29, 1.82) is 0 Å². The molecule has 2 aromatic rings. The summed E-state index contributed by atoms with van der Waals surface area (Å²) in [5.74, 6) is 1.86. The second-order valence-corrected chi connectivity index (χ2v) is 9.22. The summed E-state index contributed by atoms with van der Waals surface area (Å²) < 4.78 is 12.2. The number of ether oxygens (including phenoxy) is 2. The number of hydrogen-bond donors (Lipinski definition) is 2. The fourth-order valence-electron chi connectivity index (χ4n) is 4.24. The third-order valence-corrected chi connectivity index (χ3v) is 5.87. The molecular weight excluding hydrogens is 380 g/mol. The Hall–Kier alpha value is -2.27. The summed E-state index contributed by atoms with van der Waals surface area (Å²) in [5, 5.41) is 7.41. The fraction of sp³-hybridized carbons (Fsp3) is 0.458. The second-order valence-electron chi connectivity index (χ2n) is 8.81. The minimum atomic E-state index is -0.241. The van der Waals surface area contributed by atoms with Crippen LogP contribution in [0.15, 0.2) is 42.5 Å². The van der Waals surface area contributed by atoms with Gasteiger partial charge < -0.3 is 20.1 Å². The van der Waals surface area contributed by atoms with Crippen LogP contribution in [0.5, 0.6) is 11.5 Å². The lowest BCUT2D eigenvalue weighted by Crippen LogP contribution is -2.42. The van der Waals surface area contributed by atoms with E-state index >= 15 is 0 Å². The van der Waals surface area contributed by atoms with Crippen LogP contribution in [0.1, 0.15) is 63.1 Å². The number of nitrogens with one attached hydrogen (secondary N) is 2. The van der Waals surface area contributed by atoms with E-state index < -0.39 is 0 Å². The van der Waals surface area contributed by atoms with Crippen molar-refractivity contribution >= 4 is 23.0 Å². The van der Waals surface area contributed by atoms with Gasteiger partial charge in [0, 0.05) is 17.7 Å². The smallest absolute Gasteiger partial charge is 0.171 e. The van der Waals surface area contributed by atoms with Gasteiger partial charge in [0.2, 0.25) is 0 Å². The maximum atomic E-state index is 6.15. The van der Waals surface area contributed by atoms with Gasteiger partial charge in [-0.3, -0.25) is 0 Å². The molecule has 0 spiro atoms. The number of benzene rings is 2. The summed E-state index contributed by atoms with van der Waals surface area (Å²) in [6.45, 7) is 6.33. The Morgan fingerprint density at radius 2 is 1.83 bits per heavy atom. The highest BCUT2D eigenvalue weighted by atomic mass is 32.1. The fourth-order valence-corrected chi connectivity index (χ4v) is 4.50. The monoisotopic (exact) mass is 410 g/mol. The number of anilines is 1.